The van der Waals surface area contributed by atoms with Crippen LogP contribution in [0.15, 0.2) is 42.5 Å². The van der Waals surface area contributed by atoms with E-state index in [4.69, 9.17) is 14.7 Å². The van der Waals surface area contributed by atoms with Gasteiger partial charge in [-0.05, 0) is 119 Å². The summed E-state index contributed by atoms with van der Waals surface area (Å²) in [6.07, 6.45) is 3.40. The van der Waals surface area contributed by atoms with Crippen LogP contribution >= 0.6 is 0 Å². The minimum absolute atomic E-state index is 0.192. The van der Waals surface area contributed by atoms with E-state index >= 15 is 0 Å². The molecule has 1 saturated carbocycles. The Balaban J connectivity index is 1.08. The van der Waals surface area contributed by atoms with E-state index in [0.717, 1.165) is 76.3 Å². The molecular weight excluding hydrogens is 555 g/mol. The van der Waals surface area contributed by atoms with Crippen molar-refractivity contribution in [2.24, 2.45) is 5.41 Å². The average Bonchev–Trinajstić information content (AvgIpc) is 2.98. The molecule has 0 atom stereocenters. The number of likely N-dealkylation sites (tertiary alicyclic amines) is 1. The van der Waals surface area contributed by atoms with Crippen LogP contribution in [0.2, 0.25) is 0 Å². The third-order valence-corrected chi connectivity index (χ3v) is 9.41. The lowest BCUT2D eigenvalue weighted by atomic mass is 9.67. The molecule has 43 heavy (non-hydrogen) atoms. The Morgan fingerprint density at radius 1 is 0.907 bits per heavy atom. The summed E-state index contributed by atoms with van der Waals surface area (Å²) >= 11 is 0. The minimum atomic E-state index is -4.55. The maximum absolute atomic E-state index is 13.4. The number of anilines is 1. The fourth-order valence-corrected chi connectivity index (χ4v) is 6.85. The molecule has 3 aliphatic rings. The summed E-state index contributed by atoms with van der Waals surface area (Å²) in [7, 11) is 0. The second-order valence-electron chi connectivity index (χ2n) is 13.5. The van der Waals surface area contributed by atoms with Gasteiger partial charge < -0.3 is 19.3 Å². The second-order valence-corrected chi connectivity index (χ2v) is 13.5. The molecule has 3 fully saturated rings. The summed E-state index contributed by atoms with van der Waals surface area (Å²) in [5.74, 6) is 1.21. The Morgan fingerprint density at radius 3 is 2.09 bits per heavy atom. The fraction of sp³-hybridized carbons (Fsp3) is 0.588. The summed E-state index contributed by atoms with van der Waals surface area (Å²) in [5.41, 5.74) is 0.336. The highest BCUT2D eigenvalue weighted by Gasteiger charge is 2.40. The first-order valence-electron chi connectivity index (χ1n) is 15.5. The first-order valence-corrected chi connectivity index (χ1v) is 15.5. The fourth-order valence-electron chi connectivity index (χ4n) is 6.85. The van der Waals surface area contributed by atoms with E-state index in [1.54, 1.807) is 12.1 Å². The van der Waals surface area contributed by atoms with E-state index in [9.17, 15) is 18.0 Å². The van der Waals surface area contributed by atoms with Gasteiger partial charge in [-0.3, -0.25) is 0 Å². The van der Waals surface area contributed by atoms with Gasteiger partial charge in [-0.2, -0.15) is 18.4 Å². The highest BCUT2D eigenvalue weighted by Crippen LogP contribution is 2.45. The van der Waals surface area contributed by atoms with Gasteiger partial charge in [0.2, 0.25) is 0 Å². The molecular formula is C34H42F3N3O3. The standard InChI is InChI=1S/C34H42F3N3O3/c1-32(2,3)43-31(41)40-20-16-33(17-21-40)14-10-29(11-15-33)42-28-8-5-24(6-9-28)25-12-18-39(19-13-25)27-7-4-26(23-38)30(22-27)34(35,36)37/h4-9,22,25,29H,10-21H2,1-3H3. The first kappa shape index (κ1) is 31.0. The number of ether oxygens (including phenoxy) is 2. The van der Waals surface area contributed by atoms with Crippen molar-refractivity contribution in [2.45, 2.75) is 95.9 Å². The van der Waals surface area contributed by atoms with Crippen LogP contribution in [0.3, 0.4) is 0 Å². The molecule has 0 radical (unpaired) electrons. The van der Waals surface area contributed by atoms with E-state index in [1.165, 1.54) is 11.6 Å². The quantitative estimate of drug-likeness (QED) is 0.355. The number of halogens is 3. The summed E-state index contributed by atoms with van der Waals surface area (Å²) in [4.78, 5) is 16.3. The van der Waals surface area contributed by atoms with Crippen LogP contribution < -0.4 is 9.64 Å². The second kappa shape index (κ2) is 12.3. The molecule has 0 unspecified atom stereocenters. The molecule has 1 amide bonds. The maximum atomic E-state index is 13.4. The number of carbonyl (C=O) groups is 1. The van der Waals surface area contributed by atoms with E-state index in [1.807, 2.05) is 42.7 Å². The summed E-state index contributed by atoms with van der Waals surface area (Å²) in [6.45, 7) is 8.52. The van der Waals surface area contributed by atoms with Gasteiger partial charge in [0, 0.05) is 31.9 Å². The molecule has 0 aromatic heterocycles. The lowest BCUT2D eigenvalue weighted by Crippen LogP contribution is -2.46. The zero-order valence-electron chi connectivity index (χ0n) is 25.4. The number of nitrogens with zero attached hydrogens (tertiary/aromatic N) is 3. The van der Waals surface area contributed by atoms with Gasteiger partial charge in [0.05, 0.1) is 23.3 Å². The lowest BCUT2D eigenvalue weighted by molar-refractivity contribution is -0.137. The molecule has 2 aliphatic heterocycles. The van der Waals surface area contributed by atoms with Gasteiger partial charge in [0.15, 0.2) is 0 Å². The predicted octanol–water partition coefficient (Wildman–Crippen LogP) is 8.30. The van der Waals surface area contributed by atoms with Gasteiger partial charge in [0.1, 0.15) is 11.4 Å². The molecule has 1 spiro atoms. The zero-order valence-corrected chi connectivity index (χ0v) is 25.4. The molecule has 2 heterocycles. The molecule has 0 N–H and O–H groups in total. The Labute approximate surface area is 252 Å². The van der Waals surface area contributed by atoms with Crippen molar-refractivity contribution in [1.82, 2.24) is 4.90 Å². The SMILES string of the molecule is CC(C)(C)OC(=O)N1CCC2(CCC(Oc3ccc(C4CCN(c5ccc(C#N)c(C(F)(F)F)c5)CC4)cc3)CC2)CC1. The normalized spacial score (nSPS) is 20.1. The number of hydrogen-bond donors (Lipinski definition) is 0. The molecule has 6 nitrogen and oxygen atoms in total. The van der Waals surface area contributed by atoms with E-state index in [-0.39, 0.29) is 17.8 Å². The van der Waals surface area contributed by atoms with Crippen LogP contribution in [0.1, 0.15) is 94.7 Å². The highest BCUT2D eigenvalue weighted by molar-refractivity contribution is 5.68. The molecule has 2 aromatic rings. The molecule has 5 rings (SSSR count). The van der Waals surface area contributed by atoms with Gasteiger partial charge >= 0.3 is 12.3 Å². The third-order valence-electron chi connectivity index (χ3n) is 9.41. The number of carbonyl (C=O) groups excluding carboxylic acids is 1. The van der Waals surface area contributed by atoms with Gasteiger partial charge in [-0.15, -0.1) is 0 Å². The summed E-state index contributed by atoms with van der Waals surface area (Å²) in [6, 6.07) is 14.0. The Bertz CT molecular complexity index is 1300. The molecule has 0 bridgehead atoms. The average molecular weight is 598 g/mol. The van der Waals surface area contributed by atoms with Gasteiger partial charge in [-0.1, -0.05) is 12.1 Å². The number of nitriles is 1. The first-order chi connectivity index (χ1) is 20.3. The number of benzene rings is 2. The summed E-state index contributed by atoms with van der Waals surface area (Å²) < 4.78 is 52.2. The number of alkyl halides is 3. The van der Waals surface area contributed by atoms with Gasteiger partial charge in [0.25, 0.3) is 0 Å². The largest absolute Gasteiger partial charge is 0.490 e. The molecule has 232 valence electrons. The highest BCUT2D eigenvalue weighted by atomic mass is 19.4. The molecule has 1 aliphatic carbocycles. The third kappa shape index (κ3) is 7.57. The van der Waals surface area contributed by atoms with E-state index in [2.05, 4.69) is 12.1 Å². The minimum Gasteiger partial charge on any atom is -0.490 e. The van der Waals surface area contributed by atoms with Crippen LogP contribution in [-0.2, 0) is 10.9 Å². The van der Waals surface area contributed by atoms with Crippen LogP contribution in [0.5, 0.6) is 5.75 Å². The van der Waals surface area contributed by atoms with E-state index < -0.39 is 17.3 Å². The number of piperidine rings is 2. The zero-order chi connectivity index (χ0) is 30.8. The topological polar surface area (TPSA) is 65.8 Å². The van der Waals surface area contributed by atoms with Crippen molar-refractivity contribution in [2.75, 3.05) is 31.1 Å². The van der Waals surface area contributed by atoms with Crippen molar-refractivity contribution in [3.05, 3.63) is 59.2 Å². The molecule has 2 aromatic carbocycles. The van der Waals surface area contributed by atoms with Crippen molar-refractivity contribution < 1.29 is 27.4 Å². The molecule has 2 saturated heterocycles. The summed E-state index contributed by atoms with van der Waals surface area (Å²) in [5, 5.41) is 9.07. The number of rotatable bonds is 4. The Hall–Kier alpha value is -3.41. The van der Waals surface area contributed by atoms with Crippen LogP contribution in [0, 0.1) is 16.7 Å². The Morgan fingerprint density at radius 2 is 1.53 bits per heavy atom. The lowest BCUT2D eigenvalue weighted by Gasteiger charge is -2.45. The number of hydrogen-bond acceptors (Lipinski definition) is 5. The smallest absolute Gasteiger partial charge is 0.417 e. The number of amides is 1. The van der Waals surface area contributed by atoms with Crippen molar-refractivity contribution in [1.29, 1.82) is 5.26 Å². The van der Waals surface area contributed by atoms with Crippen molar-refractivity contribution in [3.8, 4) is 11.8 Å². The van der Waals surface area contributed by atoms with Crippen molar-refractivity contribution in [3.63, 3.8) is 0 Å². The van der Waals surface area contributed by atoms with Crippen LogP contribution in [0.4, 0.5) is 23.7 Å². The van der Waals surface area contributed by atoms with Crippen LogP contribution in [0.25, 0.3) is 0 Å². The predicted molar refractivity (Wildman–Crippen MR) is 159 cm³/mol. The molecule has 9 heteroatoms. The van der Waals surface area contributed by atoms with Crippen molar-refractivity contribution >= 4 is 11.8 Å². The monoisotopic (exact) mass is 597 g/mol. The maximum Gasteiger partial charge on any atom is 0.417 e. The Kier molecular flexibility index (Phi) is 8.87. The van der Waals surface area contributed by atoms with Gasteiger partial charge in [-0.25, -0.2) is 4.79 Å². The van der Waals surface area contributed by atoms with E-state index in [0.29, 0.717) is 30.1 Å². The van der Waals surface area contributed by atoms with Crippen LogP contribution in [-0.4, -0.2) is 48.9 Å².